The smallest absolute Gasteiger partial charge is 0.410 e. The molecular weight excluding hydrogens is 225 g/mol. The van der Waals surface area contributed by atoms with Crippen LogP contribution >= 0.6 is 0 Å². The van der Waals surface area contributed by atoms with E-state index >= 15 is 0 Å². The van der Waals surface area contributed by atoms with Gasteiger partial charge in [0.05, 0.1) is 6.61 Å². The number of aliphatic hydroxyl groups excluding tert-OH is 1. The lowest BCUT2D eigenvalue weighted by molar-refractivity contribution is -0.0179. The third kappa shape index (κ3) is 2.39. The van der Waals surface area contributed by atoms with Crippen LogP contribution in [-0.4, -0.2) is 46.6 Å². The number of amides is 1. The number of halogens is 1. The van der Waals surface area contributed by atoms with Gasteiger partial charge in [-0.2, -0.15) is 0 Å². The van der Waals surface area contributed by atoms with Crippen LogP contribution < -0.4 is 0 Å². The fourth-order valence-corrected chi connectivity index (χ4v) is 2.48. The third-order valence-corrected chi connectivity index (χ3v) is 3.48. The van der Waals surface area contributed by atoms with E-state index in [9.17, 15) is 9.18 Å². The first-order chi connectivity index (χ1) is 7.77. The molecule has 5 heteroatoms. The number of likely N-dealkylation sites (tertiary alicyclic amines) is 1. The van der Waals surface area contributed by atoms with Crippen molar-refractivity contribution in [3.8, 4) is 0 Å². The number of hydrogen-bond acceptors (Lipinski definition) is 3. The normalized spacial score (nSPS) is 36.4. The standard InChI is InChI=1S/C12H20FNO3/c1-11(2,3)17-10(16)14-5-4-12(13,7-15)8-6-9(8)14/h8-9,15H,4-7H2,1-3H3. The average molecular weight is 245 g/mol. The van der Waals surface area contributed by atoms with E-state index in [-0.39, 0.29) is 24.5 Å². The Balaban J connectivity index is 1.97. The second-order valence-electron chi connectivity index (χ2n) is 6.03. The first-order valence-corrected chi connectivity index (χ1v) is 6.06. The van der Waals surface area contributed by atoms with E-state index in [0.717, 1.165) is 0 Å². The molecule has 1 aliphatic heterocycles. The second kappa shape index (κ2) is 3.83. The van der Waals surface area contributed by atoms with Crippen LogP contribution in [0.1, 0.15) is 33.6 Å². The fraction of sp³-hybridized carbons (Fsp3) is 0.917. The number of nitrogens with zero attached hydrogens (tertiary/aromatic N) is 1. The molecule has 98 valence electrons. The van der Waals surface area contributed by atoms with Gasteiger partial charge in [0.25, 0.3) is 0 Å². The van der Waals surface area contributed by atoms with Crippen molar-refractivity contribution in [2.24, 2.45) is 5.92 Å². The van der Waals surface area contributed by atoms with Gasteiger partial charge in [-0.25, -0.2) is 9.18 Å². The van der Waals surface area contributed by atoms with Gasteiger partial charge in [-0.15, -0.1) is 0 Å². The Kier molecular flexibility index (Phi) is 2.84. The lowest BCUT2D eigenvalue weighted by Gasteiger charge is -2.35. The van der Waals surface area contributed by atoms with Gasteiger partial charge in [0.15, 0.2) is 0 Å². The number of hydrogen-bond donors (Lipinski definition) is 1. The summed E-state index contributed by atoms with van der Waals surface area (Å²) in [7, 11) is 0. The first kappa shape index (κ1) is 12.6. The van der Waals surface area contributed by atoms with Gasteiger partial charge in [0, 0.05) is 24.9 Å². The molecule has 0 spiro atoms. The highest BCUT2D eigenvalue weighted by Crippen LogP contribution is 2.51. The zero-order chi connectivity index (χ0) is 12.8. The summed E-state index contributed by atoms with van der Waals surface area (Å²) in [5.41, 5.74) is -2.02. The topological polar surface area (TPSA) is 49.8 Å². The maximum absolute atomic E-state index is 14.1. The van der Waals surface area contributed by atoms with E-state index in [4.69, 9.17) is 9.84 Å². The Morgan fingerprint density at radius 1 is 1.59 bits per heavy atom. The van der Waals surface area contributed by atoms with Crippen molar-refractivity contribution >= 4 is 6.09 Å². The third-order valence-electron chi connectivity index (χ3n) is 3.48. The molecule has 3 unspecified atom stereocenters. The first-order valence-electron chi connectivity index (χ1n) is 6.06. The number of fused-ring (bicyclic) bond motifs is 1. The molecule has 1 amide bonds. The number of carbonyl (C=O) groups is 1. The Bertz CT molecular complexity index is 328. The van der Waals surface area contributed by atoms with Crippen molar-refractivity contribution in [3.63, 3.8) is 0 Å². The summed E-state index contributed by atoms with van der Waals surface area (Å²) in [6.45, 7) is 5.31. The van der Waals surface area contributed by atoms with Crippen molar-refractivity contribution in [2.75, 3.05) is 13.2 Å². The minimum atomic E-state index is -1.50. The quantitative estimate of drug-likeness (QED) is 0.765. The second-order valence-corrected chi connectivity index (χ2v) is 6.03. The van der Waals surface area contributed by atoms with Crippen LogP contribution in [0.15, 0.2) is 0 Å². The maximum atomic E-state index is 14.1. The van der Waals surface area contributed by atoms with Gasteiger partial charge in [-0.3, -0.25) is 0 Å². The Labute approximate surface area is 101 Å². The van der Waals surface area contributed by atoms with Gasteiger partial charge in [-0.1, -0.05) is 0 Å². The number of alkyl halides is 1. The summed E-state index contributed by atoms with van der Waals surface area (Å²) >= 11 is 0. The minimum Gasteiger partial charge on any atom is -0.444 e. The van der Waals surface area contributed by atoms with Crippen LogP contribution in [0.25, 0.3) is 0 Å². The largest absolute Gasteiger partial charge is 0.444 e. The molecule has 1 N–H and O–H groups in total. The molecule has 0 radical (unpaired) electrons. The predicted molar refractivity (Wildman–Crippen MR) is 60.4 cm³/mol. The number of ether oxygens (including phenoxy) is 1. The minimum absolute atomic E-state index is 0.0873. The number of rotatable bonds is 1. The van der Waals surface area contributed by atoms with Crippen LogP contribution in [0.3, 0.4) is 0 Å². The zero-order valence-electron chi connectivity index (χ0n) is 10.6. The highest BCUT2D eigenvalue weighted by molar-refractivity contribution is 5.69. The van der Waals surface area contributed by atoms with Crippen molar-refractivity contribution in [2.45, 2.75) is 50.9 Å². The maximum Gasteiger partial charge on any atom is 0.410 e. The molecule has 2 rings (SSSR count). The van der Waals surface area contributed by atoms with Crippen LogP contribution in [-0.2, 0) is 4.74 Å². The molecule has 17 heavy (non-hydrogen) atoms. The molecule has 0 aromatic carbocycles. The number of aliphatic hydroxyl groups is 1. The van der Waals surface area contributed by atoms with Gasteiger partial charge >= 0.3 is 6.09 Å². The van der Waals surface area contributed by atoms with Crippen LogP contribution in [0.2, 0.25) is 0 Å². The van der Waals surface area contributed by atoms with Crippen molar-refractivity contribution < 1.29 is 19.0 Å². The Hall–Kier alpha value is -0.840. The molecule has 3 atom stereocenters. The highest BCUT2D eigenvalue weighted by Gasteiger charge is 2.60. The molecule has 1 aliphatic carbocycles. The monoisotopic (exact) mass is 245 g/mol. The molecule has 4 nitrogen and oxygen atoms in total. The van der Waals surface area contributed by atoms with Crippen molar-refractivity contribution in [3.05, 3.63) is 0 Å². The molecule has 0 aromatic heterocycles. The zero-order valence-corrected chi connectivity index (χ0v) is 10.6. The van der Waals surface area contributed by atoms with Gasteiger partial charge in [0.2, 0.25) is 0 Å². The lowest BCUT2D eigenvalue weighted by atomic mass is 9.93. The SMILES string of the molecule is CC(C)(C)OC(=O)N1CCC(F)(CO)C2CC21. The highest BCUT2D eigenvalue weighted by atomic mass is 19.1. The molecule has 1 saturated carbocycles. The lowest BCUT2D eigenvalue weighted by Crippen LogP contribution is -2.48. The van der Waals surface area contributed by atoms with Crippen LogP contribution in [0, 0.1) is 5.92 Å². The van der Waals surface area contributed by atoms with E-state index in [1.807, 2.05) is 20.8 Å². The molecule has 2 aliphatic rings. The van der Waals surface area contributed by atoms with Gasteiger partial charge in [-0.05, 0) is 27.2 Å². The fourth-order valence-electron chi connectivity index (χ4n) is 2.48. The summed E-state index contributed by atoms with van der Waals surface area (Å²) in [6.07, 6.45) is 0.463. The molecular formula is C12H20FNO3. The summed E-state index contributed by atoms with van der Waals surface area (Å²) in [5, 5.41) is 9.05. The molecule has 1 heterocycles. The summed E-state index contributed by atoms with van der Waals surface area (Å²) in [5.74, 6) is -0.214. The Morgan fingerprint density at radius 3 is 2.76 bits per heavy atom. The van der Waals surface area contributed by atoms with E-state index < -0.39 is 17.9 Å². The predicted octanol–water partition coefficient (Wildman–Crippen LogP) is 1.72. The van der Waals surface area contributed by atoms with Crippen molar-refractivity contribution in [1.29, 1.82) is 0 Å². The van der Waals surface area contributed by atoms with Gasteiger partial charge in [0.1, 0.15) is 11.3 Å². The molecule has 2 fully saturated rings. The van der Waals surface area contributed by atoms with E-state index in [1.54, 1.807) is 4.90 Å². The van der Waals surface area contributed by atoms with E-state index in [0.29, 0.717) is 13.0 Å². The molecule has 1 saturated heterocycles. The van der Waals surface area contributed by atoms with Crippen molar-refractivity contribution in [1.82, 2.24) is 4.90 Å². The average Bonchev–Trinajstić information content (AvgIpc) is 2.96. The number of piperidine rings is 1. The summed E-state index contributed by atoms with van der Waals surface area (Å²) in [4.78, 5) is 13.5. The molecule has 0 bridgehead atoms. The summed E-state index contributed by atoms with van der Waals surface area (Å²) in [6, 6.07) is -0.0873. The number of carbonyl (C=O) groups excluding carboxylic acids is 1. The Morgan fingerprint density at radius 2 is 2.24 bits per heavy atom. The van der Waals surface area contributed by atoms with Crippen LogP contribution in [0.4, 0.5) is 9.18 Å². The van der Waals surface area contributed by atoms with E-state index in [2.05, 4.69) is 0 Å². The van der Waals surface area contributed by atoms with Gasteiger partial charge < -0.3 is 14.7 Å². The van der Waals surface area contributed by atoms with Crippen LogP contribution in [0.5, 0.6) is 0 Å². The molecule has 0 aromatic rings. The summed E-state index contributed by atoms with van der Waals surface area (Å²) < 4.78 is 19.4. The van der Waals surface area contributed by atoms with E-state index in [1.165, 1.54) is 0 Å².